The Bertz CT molecular complexity index is 1220. The van der Waals surface area contributed by atoms with Gasteiger partial charge in [-0.05, 0) is 60.2 Å². The number of amides is 1. The lowest BCUT2D eigenvalue weighted by Crippen LogP contribution is -2.35. The highest BCUT2D eigenvalue weighted by molar-refractivity contribution is 7.18. The highest BCUT2D eigenvalue weighted by Gasteiger charge is 2.29. The molecule has 0 radical (unpaired) electrons. The first-order chi connectivity index (χ1) is 16.3. The first-order valence-electron chi connectivity index (χ1n) is 11.5. The van der Waals surface area contributed by atoms with E-state index >= 15 is 0 Å². The van der Waals surface area contributed by atoms with Crippen LogP contribution < -0.4 is 4.74 Å². The molecule has 166 valence electrons. The van der Waals surface area contributed by atoms with Gasteiger partial charge in [0.15, 0.2) is 0 Å². The van der Waals surface area contributed by atoms with E-state index in [1.165, 1.54) is 6.42 Å². The number of piperidine rings is 1. The molecule has 0 atom stereocenters. The Morgan fingerprint density at radius 3 is 1.88 bits per heavy atom. The molecule has 0 spiro atoms. The molecule has 1 fully saturated rings. The van der Waals surface area contributed by atoms with Crippen molar-refractivity contribution in [1.29, 1.82) is 0 Å². The third kappa shape index (κ3) is 4.31. The van der Waals surface area contributed by atoms with Crippen LogP contribution in [0.15, 0.2) is 84.9 Å². The van der Waals surface area contributed by atoms with E-state index in [0.29, 0.717) is 0 Å². The molecule has 1 aliphatic heterocycles. The van der Waals surface area contributed by atoms with Crippen molar-refractivity contribution < 1.29 is 9.53 Å². The average molecular weight is 454 g/mol. The smallest absolute Gasteiger partial charge is 0.264 e. The van der Waals surface area contributed by atoms with E-state index in [-0.39, 0.29) is 5.91 Å². The molecule has 4 heteroatoms. The lowest BCUT2D eigenvalue weighted by atomic mass is 9.92. The molecule has 0 aliphatic carbocycles. The molecule has 1 saturated heterocycles. The van der Waals surface area contributed by atoms with E-state index in [1.54, 1.807) is 18.4 Å². The molecule has 33 heavy (non-hydrogen) atoms. The minimum absolute atomic E-state index is 0.149. The van der Waals surface area contributed by atoms with Crippen molar-refractivity contribution in [2.75, 3.05) is 20.2 Å². The van der Waals surface area contributed by atoms with E-state index in [2.05, 4.69) is 48.5 Å². The molecule has 5 rings (SSSR count). The summed E-state index contributed by atoms with van der Waals surface area (Å²) in [5.41, 5.74) is 5.45. The van der Waals surface area contributed by atoms with Crippen LogP contribution in [0.4, 0.5) is 0 Å². The van der Waals surface area contributed by atoms with Gasteiger partial charge >= 0.3 is 0 Å². The van der Waals surface area contributed by atoms with E-state index < -0.39 is 0 Å². The van der Waals surface area contributed by atoms with Gasteiger partial charge in [-0.1, -0.05) is 60.7 Å². The van der Waals surface area contributed by atoms with Gasteiger partial charge in [0, 0.05) is 29.1 Å². The quantitative estimate of drug-likeness (QED) is 0.315. The van der Waals surface area contributed by atoms with Crippen LogP contribution in [-0.2, 0) is 0 Å². The third-order valence-electron chi connectivity index (χ3n) is 6.22. The van der Waals surface area contributed by atoms with Crippen molar-refractivity contribution in [2.24, 2.45) is 0 Å². The summed E-state index contributed by atoms with van der Waals surface area (Å²) in [5.74, 6) is 0.972. The maximum atomic E-state index is 13.8. The fraction of sp³-hybridized carbons (Fsp3) is 0.207. The average Bonchev–Trinajstić information content (AvgIpc) is 3.30. The standard InChI is InChI=1S/C29H27NO2S/c1-32-24-17-15-23(16-18-24)27-25(21-11-5-2-6-12-21)26(22-13-7-3-8-14-22)28(33-27)29(31)30-19-9-4-10-20-30/h2-3,5-8,11-18H,4,9-10,19-20H2,1H3. The first-order valence-corrected chi connectivity index (χ1v) is 12.3. The van der Waals surface area contributed by atoms with Crippen LogP contribution in [0.1, 0.15) is 28.9 Å². The first kappa shape index (κ1) is 21.5. The van der Waals surface area contributed by atoms with Crippen LogP contribution in [0.2, 0.25) is 0 Å². The topological polar surface area (TPSA) is 29.5 Å². The molecule has 1 amide bonds. The molecular weight excluding hydrogens is 426 g/mol. The van der Waals surface area contributed by atoms with Gasteiger partial charge in [-0.3, -0.25) is 4.79 Å². The fourth-order valence-corrected chi connectivity index (χ4v) is 5.85. The summed E-state index contributed by atoms with van der Waals surface area (Å²) in [6, 6.07) is 28.9. The highest BCUT2D eigenvalue weighted by atomic mass is 32.1. The Balaban J connectivity index is 1.76. The van der Waals surface area contributed by atoms with Gasteiger partial charge in [0.2, 0.25) is 0 Å². The van der Waals surface area contributed by atoms with Gasteiger partial charge in [0.1, 0.15) is 10.6 Å². The Kier molecular flexibility index (Phi) is 6.27. The second-order valence-electron chi connectivity index (χ2n) is 8.32. The zero-order valence-electron chi connectivity index (χ0n) is 18.8. The number of thiophene rings is 1. The van der Waals surface area contributed by atoms with Gasteiger partial charge in [0.05, 0.1) is 7.11 Å². The largest absolute Gasteiger partial charge is 0.497 e. The van der Waals surface area contributed by atoms with Crippen molar-refractivity contribution in [2.45, 2.75) is 19.3 Å². The Hall–Kier alpha value is -3.37. The summed E-state index contributed by atoms with van der Waals surface area (Å²) in [7, 11) is 1.68. The zero-order valence-corrected chi connectivity index (χ0v) is 19.6. The summed E-state index contributed by atoms with van der Waals surface area (Å²) in [5, 5.41) is 0. The summed E-state index contributed by atoms with van der Waals surface area (Å²) >= 11 is 1.61. The number of benzene rings is 3. The van der Waals surface area contributed by atoms with Gasteiger partial charge in [0.25, 0.3) is 5.91 Å². The predicted octanol–water partition coefficient (Wildman–Crippen LogP) is 7.38. The summed E-state index contributed by atoms with van der Waals surface area (Å²) < 4.78 is 5.38. The number of rotatable bonds is 5. The molecule has 0 unspecified atom stereocenters. The maximum absolute atomic E-state index is 13.8. The summed E-state index contributed by atoms with van der Waals surface area (Å²) in [6.45, 7) is 1.67. The van der Waals surface area contributed by atoms with Gasteiger partial charge in [-0.15, -0.1) is 11.3 Å². The second-order valence-corrected chi connectivity index (χ2v) is 9.34. The van der Waals surface area contributed by atoms with E-state index in [9.17, 15) is 4.79 Å². The van der Waals surface area contributed by atoms with Crippen LogP contribution in [-0.4, -0.2) is 31.0 Å². The number of nitrogens with zero attached hydrogens (tertiary/aromatic N) is 1. The van der Waals surface area contributed by atoms with Crippen molar-refractivity contribution in [3.8, 4) is 38.4 Å². The number of carbonyl (C=O) groups is 1. The van der Waals surface area contributed by atoms with Crippen LogP contribution in [0.25, 0.3) is 32.7 Å². The highest BCUT2D eigenvalue weighted by Crippen LogP contribution is 2.48. The SMILES string of the molecule is COc1ccc(-c2sc(C(=O)N3CCCCC3)c(-c3ccccc3)c2-c2ccccc2)cc1. The molecule has 1 aliphatic rings. The molecule has 3 nitrogen and oxygen atoms in total. The van der Waals surface area contributed by atoms with Crippen LogP contribution in [0.3, 0.4) is 0 Å². The fourth-order valence-electron chi connectivity index (χ4n) is 4.53. The van der Waals surface area contributed by atoms with E-state index in [0.717, 1.165) is 69.3 Å². The van der Waals surface area contributed by atoms with Gasteiger partial charge in [-0.2, -0.15) is 0 Å². The number of likely N-dealkylation sites (tertiary alicyclic amines) is 1. The molecule has 0 saturated carbocycles. The van der Waals surface area contributed by atoms with E-state index in [4.69, 9.17) is 4.74 Å². The van der Waals surface area contributed by atoms with Crippen LogP contribution in [0, 0.1) is 0 Å². The molecule has 1 aromatic heterocycles. The van der Waals surface area contributed by atoms with Gasteiger partial charge in [-0.25, -0.2) is 0 Å². The third-order valence-corrected chi connectivity index (χ3v) is 7.45. The lowest BCUT2D eigenvalue weighted by Gasteiger charge is -2.26. The van der Waals surface area contributed by atoms with Crippen LogP contribution >= 0.6 is 11.3 Å². The number of carbonyl (C=O) groups excluding carboxylic acids is 1. The zero-order chi connectivity index (χ0) is 22.6. The van der Waals surface area contributed by atoms with Crippen molar-refractivity contribution >= 4 is 17.2 Å². The molecule has 3 aromatic carbocycles. The Morgan fingerprint density at radius 1 is 0.727 bits per heavy atom. The number of methoxy groups -OCH3 is 1. The Morgan fingerprint density at radius 2 is 1.30 bits per heavy atom. The van der Waals surface area contributed by atoms with Crippen LogP contribution in [0.5, 0.6) is 5.75 Å². The number of ether oxygens (including phenoxy) is 1. The molecular formula is C29H27NO2S. The lowest BCUT2D eigenvalue weighted by molar-refractivity contribution is 0.0730. The molecule has 4 aromatic rings. The molecule has 0 N–H and O–H groups in total. The predicted molar refractivity (Wildman–Crippen MR) is 137 cm³/mol. The number of hydrogen-bond donors (Lipinski definition) is 0. The van der Waals surface area contributed by atoms with Crippen molar-refractivity contribution in [3.63, 3.8) is 0 Å². The number of hydrogen-bond acceptors (Lipinski definition) is 3. The monoisotopic (exact) mass is 453 g/mol. The summed E-state index contributed by atoms with van der Waals surface area (Å²) in [4.78, 5) is 17.8. The molecule has 0 bridgehead atoms. The van der Waals surface area contributed by atoms with Crippen molar-refractivity contribution in [1.82, 2.24) is 4.90 Å². The second kappa shape index (κ2) is 9.63. The van der Waals surface area contributed by atoms with Crippen molar-refractivity contribution in [3.05, 3.63) is 89.8 Å². The molecule has 2 heterocycles. The van der Waals surface area contributed by atoms with Gasteiger partial charge < -0.3 is 9.64 Å². The minimum atomic E-state index is 0.149. The maximum Gasteiger partial charge on any atom is 0.264 e. The summed E-state index contributed by atoms with van der Waals surface area (Å²) in [6.07, 6.45) is 3.36. The minimum Gasteiger partial charge on any atom is -0.497 e. The normalized spacial score (nSPS) is 13.7. The van der Waals surface area contributed by atoms with E-state index in [1.807, 2.05) is 41.3 Å². The Labute approximate surface area is 199 Å².